The summed E-state index contributed by atoms with van der Waals surface area (Å²) < 4.78 is 34.2. The molecule has 3 N–H and O–H groups in total. The lowest BCUT2D eigenvalue weighted by Gasteiger charge is -2.06. The topological polar surface area (TPSA) is 107 Å². The number of carbonyl (C=O) groups excluding carboxylic acids is 1. The molecule has 1 aromatic rings. The Kier molecular flexibility index (Phi) is 8.52. The molecule has 1 aromatic carbocycles. The van der Waals surface area contributed by atoms with Crippen LogP contribution in [0.25, 0.3) is 0 Å². The highest BCUT2D eigenvalue weighted by molar-refractivity contribution is 7.85. The summed E-state index contributed by atoms with van der Waals surface area (Å²) >= 11 is 0. The second kappa shape index (κ2) is 9.28. The zero-order valence-corrected chi connectivity index (χ0v) is 13.0. The summed E-state index contributed by atoms with van der Waals surface area (Å²) in [5.41, 5.74) is 6.32. The minimum Gasteiger partial charge on any atom is -0.465 e. The maximum absolute atomic E-state index is 10.7. The number of ether oxygens (including phenoxy) is 1. The number of benzene rings is 1. The average Bonchev–Trinajstić information content (AvgIpc) is 2.39. The van der Waals surface area contributed by atoms with Crippen LogP contribution in [0.15, 0.2) is 41.8 Å². The monoisotopic (exact) mass is 315 g/mol. The Morgan fingerprint density at radius 3 is 2.33 bits per heavy atom. The van der Waals surface area contributed by atoms with Crippen molar-refractivity contribution in [3.05, 3.63) is 42.5 Å². The van der Waals surface area contributed by atoms with Crippen LogP contribution < -0.4 is 5.73 Å². The number of carbonyl (C=O) groups is 1. The molecule has 118 valence electrons. The van der Waals surface area contributed by atoms with Gasteiger partial charge in [0.25, 0.3) is 10.1 Å². The van der Waals surface area contributed by atoms with Crippen LogP contribution in [-0.4, -0.2) is 31.6 Å². The third-order valence-corrected chi connectivity index (χ3v) is 3.20. The van der Waals surface area contributed by atoms with E-state index >= 15 is 0 Å². The van der Waals surface area contributed by atoms with Crippen LogP contribution in [0, 0.1) is 6.92 Å². The number of hydrogen-bond donors (Lipinski definition) is 2. The SMILES string of the molecule is C=CC[C@@H](N)C(=O)OCC.Cc1ccc(S(=O)(=O)O)cc1. The summed E-state index contributed by atoms with van der Waals surface area (Å²) in [5.74, 6) is -0.359. The normalized spacial score (nSPS) is 11.8. The van der Waals surface area contributed by atoms with Crippen LogP contribution in [0.1, 0.15) is 18.9 Å². The molecule has 0 spiro atoms. The van der Waals surface area contributed by atoms with Crippen molar-refractivity contribution in [2.75, 3.05) is 6.61 Å². The summed E-state index contributed by atoms with van der Waals surface area (Å²) in [6.45, 7) is 7.42. The standard InChI is InChI=1S/C7H13NO2.C7H8O3S/c1-3-5-6(8)7(9)10-4-2;1-6-2-4-7(5-3-6)11(8,9)10/h3,6H,1,4-5,8H2,2H3;2-5H,1H3,(H,8,9,10)/t6-;/m1./s1. The Morgan fingerprint density at radius 1 is 1.43 bits per heavy atom. The van der Waals surface area contributed by atoms with E-state index in [1.807, 2.05) is 6.92 Å². The van der Waals surface area contributed by atoms with Gasteiger partial charge in [-0.05, 0) is 32.4 Å². The fourth-order valence-corrected chi connectivity index (χ4v) is 1.72. The van der Waals surface area contributed by atoms with Gasteiger partial charge in [-0.3, -0.25) is 9.35 Å². The predicted molar refractivity (Wildman–Crippen MR) is 80.4 cm³/mol. The minimum atomic E-state index is -4.02. The average molecular weight is 315 g/mol. The smallest absolute Gasteiger partial charge is 0.323 e. The molecule has 0 heterocycles. The highest BCUT2D eigenvalue weighted by atomic mass is 32.2. The van der Waals surface area contributed by atoms with Crippen LogP contribution in [0.4, 0.5) is 0 Å². The molecule has 7 heteroatoms. The van der Waals surface area contributed by atoms with Crippen LogP contribution in [0.2, 0.25) is 0 Å². The fourth-order valence-electron chi connectivity index (χ4n) is 1.24. The molecular formula is C14H21NO5S. The van der Waals surface area contributed by atoms with E-state index < -0.39 is 16.2 Å². The van der Waals surface area contributed by atoms with E-state index in [0.29, 0.717) is 13.0 Å². The van der Waals surface area contributed by atoms with E-state index in [0.717, 1.165) is 5.56 Å². The highest BCUT2D eigenvalue weighted by Crippen LogP contribution is 2.08. The molecule has 0 fully saturated rings. The molecule has 0 unspecified atom stereocenters. The van der Waals surface area contributed by atoms with Crippen LogP contribution in [0.5, 0.6) is 0 Å². The van der Waals surface area contributed by atoms with Gasteiger partial charge < -0.3 is 10.5 Å². The number of esters is 1. The van der Waals surface area contributed by atoms with E-state index in [1.54, 1.807) is 25.1 Å². The first-order valence-electron chi connectivity index (χ1n) is 6.29. The zero-order chi connectivity index (χ0) is 16.5. The summed E-state index contributed by atoms with van der Waals surface area (Å²) in [7, 11) is -4.02. The highest BCUT2D eigenvalue weighted by Gasteiger charge is 2.11. The maximum atomic E-state index is 10.7. The largest absolute Gasteiger partial charge is 0.465 e. The van der Waals surface area contributed by atoms with Gasteiger partial charge in [0.2, 0.25) is 0 Å². The summed E-state index contributed by atoms with van der Waals surface area (Å²) in [5, 5.41) is 0. The molecule has 0 saturated carbocycles. The van der Waals surface area contributed by atoms with Crippen molar-refractivity contribution in [3.8, 4) is 0 Å². The van der Waals surface area contributed by atoms with Gasteiger partial charge in [0.1, 0.15) is 6.04 Å². The summed E-state index contributed by atoms with van der Waals surface area (Å²) in [6.07, 6.45) is 2.07. The van der Waals surface area contributed by atoms with Crippen molar-refractivity contribution >= 4 is 16.1 Å². The summed E-state index contributed by atoms with van der Waals surface area (Å²) in [4.78, 5) is 10.7. The Bertz CT molecular complexity index is 551. The fraction of sp³-hybridized carbons (Fsp3) is 0.357. The molecule has 0 saturated heterocycles. The Morgan fingerprint density at radius 2 is 1.95 bits per heavy atom. The van der Waals surface area contributed by atoms with Crippen LogP contribution in [-0.2, 0) is 19.6 Å². The van der Waals surface area contributed by atoms with Gasteiger partial charge in [0.15, 0.2) is 0 Å². The number of aryl methyl sites for hydroxylation is 1. The van der Waals surface area contributed by atoms with E-state index in [9.17, 15) is 13.2 Å². The van der Waals surface area contributed by atoms with Gasteiger partial charge >= 0.3 is 5.97 Å². The molecule has 0 aromatic heterocycles. The molecule has 21 heavy (non-hydrogen) atoms. The van der Waals surface area contributed by atoms with Gasteiger partial charge in [0.05, 0.1) is 11.5 Å². The first-order chi connectivity index (χ1) is 9.72. The lowest BCUT2D eigenvalue weighted by atomic mass is 10.2. The van der Waals surface area contributed by atoms with Crippen molar-refractivity contribution in [1.82, 2.24) is 0 Å². The van der Waals surface area contributed by atoms with Gasteiger partial charge in [-0.2, -0.15) is 8.42 Å². The zero-order valence-electron chi connectivity index (χ0n) is 12.2. The lowest BCUT2D eigenvalue weighted by Crippen LogP contribution is -2.31. The quantitative estimate of drug-likeness (QED) is 0.486. The first-order valence-corrected chi connectivity index (χ1v) is 7.73. The van der Waals surface area contributed by atoms with Gasteiger partial charge in [0, 0.05) is 0 Å². The molecule has 0 aliphatic heterocycles. The van der Waals surface area contributed by atoms with Crippen molar-refractivity contribution in [1.29, 1.82) is 0 Å². The molecule has 1 atom stereocenters. The molecule has 0 aliphatic rings. The van der Waals surface area contributed by atoms with Crippen LogP contribution in [0.3, 0.4) is 0 Å². The lowest BCUT2D eigenvalue weighted by molar-refractivity contribution is -0.144. The molecule has 0 radical (unpaired) electrons. The van der Waals surface area contributed by atoms with Gasteiger partial charge in [-0.15, -0.1) is 6.58 Å². The molecule has 0 bridgehead atoms. The predicted octanol–water partition coefficient (Wildman–Crippen LogP) is 1.69. The van der Waals surface area contributed by atoms with E-state index in [4.69, 9.17) is 10.3 Å². The van der Waals surface area contributed by atoms with E-state index in [-0.39, 0.29) is 10.9 Å². The molecule has 0 amide bonds. The van der Waals surface area contributed by atoms with Crippen molar-refractivity contribution < 1.29 is 22.5 Å². The number of hydrogen-bond acceptors (Lipinski definition) is 5. The van der Waals surface area contributed by atoms with Crippen molar-refractivity contribution in [3.63, 3.8) is 0 Å². The number of nitrogens with two attached hydrogens (primary N) is 1. The van der Waals surface area contributed by atoms with E-state index in [2.05, 4.69) is 11.3 Å². The van der Waals surface area contributed by atoms with E-state index in [1.165, 1.54) is 12.1 Å². The first kappa shape index (κ1) is 19.3. The third-order valence-electron chi connectivity index (χ3n) is 2.33. The van der Waals surface area contributed by atoms with Gasteiger partial charge in [-0.1, -0.05) is 23.8 Å². The molecule has 0 aliphatic carbocycles. The minimum absolute atomic E-state index is 0.0666. The van der Waals surface area contributed by atoms with Crippen LogP contribution >= 0.6 is 0 Å². The molecule has 6 nitrogen and oxygen atoms in total. The Labute approximate surface area is 125 Å². The summed E-state index contributed by atoms with van der Waals surface area (Å²) in [6, 6.07) is 5.44. The van der Waals surface area contributed by atoms with Crippen molar-refractivity contribution in [2.24, 2.45) is 5.73 Å². The van der Waals surface area contributed by atoms with Crippen molar-refractivity contribution in [2.45, 2.75) is 31.2 Å². The second-order valence-electron chi connectivity index (χ2n) is 4.17. The second-order valence-corrected chi connectivity index (χ2v) is 5.59. The molecule has 1 rings (SSSR count). The maximum Gasteiger partial charge on any atom is 0.323 e. The third kappa shape index (κ3) is 8.23. The van der Waals surface area contributed by atoms with Gasteiger partial charge in [-0.25, -0.2) is 0 Å². The Balaban J connectivity index is 0.000000384. The Hall–Kier alpha value is -1.70. The number of rotatable bonds is 5. The molecular weight excluding hydrogens is 294 g/mol.